The Bertz CT molecular complexity index is 518. The van der Waals surface area contributed by atoms with E-state index in [4.69, 9.17) is 4.42 Å². The average Bonchev–Trinajstić information content (AvgIpc) is 2.74. The predicted molar refractivity (Wildman–Crippen MR) is 77.6 cm³/mol. The lowest BCUT2D eigenvalue weighted by molar-refractivity contribution is 0.122. The fourth-order valence-electron chi connectivity index (χ4n) is 2.32. The Kier molecular flexibility index (Phi) is 4.46. The molecule has 0 aliphatic rings. The third-order valence-corrected chi connectivity index (χ3v) is 3.88. The molecule has 18 heavy (non-hydrogen) atoms. The van der Waals surface area contributed by atoms with Crippen molar-refractivity contribution in [1.82, 2.24) is 0 Å². The van der Waals surface area contributed by atoms with Gasteiger partial charge in [0.25, 0.3) is 0 Å². The summed E-state index contributed by atoms with van der Waals surface area (Å²) in [6.45, 7) is 4.34. The molecular weight excluding hydrogens is 292 g/mol. The smallest absolute Gasteiger partial charge is 0.148 e. The van der Waals surface area contributed by atoms with Crippen molar-refractivity contribution in [2.24, 2.45) is 5.92 Å². The van der Waals surface area contributed by atoms with E-state index >= 15 is 0 Å². The first kappa shape index (κ1) is 13.6. The number of hydrogen-bond donors (Lipinski definition) is 1. The van der Waals surface area contributed by atoms with E-state index in [1.807, 2.05) is 24.3 Å². The monoisotopic (exact) mass is 310 g/mol. The van der Waals surface area contributed by atoms with E-state index in [-0.39, 0.29) is 0 Å². The second kappa shape index (κ2) is 5.89. The predicted octanol–water partition coefficient (Wildman–Crippen LogP) is 5.06. The van der Waals surface area contributed by atoms with Crippen molar-refractivity contribution in [2.45, 2.75) is 39.2 Å². The molecule has 3 heteroatoms. The van der Waals surface area contributed by atoms with Crippen LogP contribution in [0.25, 0.3) is 11.0 Å². The van der Waals surface area contributed by atoms with Crippen LogP contribution in [-0.2, 0) is 0 Å². The first-order valence-corrected chi connectivity index (χ1v) is 7.27. The van der Waals surface area contributed by atoms with Crippen LogP contribution in [0.15, 0.2) is 33.2 Å². The Hall–Kier alpha value is -0.800. The lowest BCUT2D eigenvalue weighted by Crippen LogP contribution is -2.03. The van der Waals surface area contributed by atoms with E-state index in [0.717, 1.165) is 34.7 Å². The van der Waals surface area contributed by atoms with Crippen LogP contribution in [0.4, 0.5) is 0 Å². The molecule has 0 fully saturated rings. The Morgan fingerprint density at radius 2 is 2.17 bits per heavy atom. The lowest BCUT2D eigenvalue weighted by atomic mass is 9.97. The summed E-state index contributed by atoms with van der Waals surface area (Å²) in [6, 6.07) is 7.85. The fraction of sp³-hybridized carbons (Fsp3) is 0.467. The van der Waals surface area contributed by atoms with Gasteiger partial charge in [-0.05, 0) is 40.4 Å². The maximum absolute atomic E-state index is 10.2. The topological polar surface area (TPSA) is 33.4 Å². The van der Waals surface area contributed by atoms with Crippen LogP contribution < -0.4 is 0 Å². The van der Waals surface area contributed by atoms with Crippen molar-refractivity contribution in [3.05, 3.63) is 34.5 Å². The summed E-state index contributed by atoms with van der Waals surface area (Å²) in [4.78, 5) is 0. The molecule has 0 radical (unpaired) electrons. The highest BCUT2D eigenvalue weighted by Crippen LogP contribution is 2.32. The molecule has 0 aliphatic carbocycles. The summed E-state index contributed by atoms with van der Waals surface area (Å²) in [6.07, 6.45) is 2.54. The van der Waals surface area contributed by atoms with E-state index in [0.29, 0.717) is 11.7 Å². The van der Waals surface area contributed by atoms with Gasteiger partial charge in [-0.15, -0.1) is 0 Å². The molecule has 0 amide bonds. The standard InChI is InChI=1S/C15H19BrO2/c1-3-5-10(2)8-13(17)14-9-11-6-4-7-12(16)15(11)18-14/h4,6-7,9-10,13,17H,3,5,8H2,1-2H3. The zero-order chi connectivity index (χ0) is 13.1. The summed E-state index contributed by atoms with van der Waals surface area (Å²) in [5.41, 5.74) is 0.815. The number of furan rings is 1. The lowest BCUT2D eigenvalue weighted by Gasteiger charge is -2.13. The Morgan fingerprint density at radius 3 is 2.83 bits per heavy atom. The highest BCUT2D eigenvalue weighted by atomic mass is 79.9. The van der Waals surface area contributed by atoms with Gasteiger partial charge >= 0.3 is 0 Å². The number of halogens is 1. The van der Waals surface area contributed by atoms with Crippen molar-refractivity contribution in [1.29, 1.82) is 0 Å². The van der Waals surface area contributed by atoms with Crippen molar-refractivity contribution in [3.8, 4) is 0 Å². The molecule has 0 aliphatic heterocycles. The second-order valence-corrected chi connectivity index (χ2v) is 5.81. The van der Waals surface area contributed by atoms with Gasteiger partial charge in [-0.2, -0.15) is 0 Å². The molecule has 1 aromatic carbocycles. The normalized spacial score (nSPS) is 14.9. The van der Waals surface area contributed by atoms with Crippen molar-refractivity contribution in [2.75, 3.05) is 0 Å². The van der Waals surface area contributed by atoms with Gasteiger partial charge in [-0.3, -0.25) is 0 Å². The van der Waals surface area contributed by atoms with Crippen LogP contribution in [0.5, 0.6) is 0 Å². The molecule has 1 N–H and O–H groups in total. The third-order valence-electron chi connectivity index (χ3n) is 3.25. The zero-order valence-corrected chi connectivity index (χ0v) is 12.4. The highest BCUT2D eigenvalue weighted by Gasteiger charge is 2.17. The number of aliphatic hydroxyl groups excluding tert-OH is 1. The molecule has 1 heterocycles. The summed E-state index contributed by atoms with van der Waals surface area (Å²) in [5, 5.41) is 11.2. The quantitative estimate of drug-likeness (QED) is 0.837. The summed E-state index contributed by atoms with van der Waals surface area (Å²) in [7, 11) is 0. The maximum atomic E-state index is 10.2. The largest absolute Gasteiger partial charge is 0.457 e. The van der Waals surface area contributed by atoms with Gasteiger partial charge in [-0.25, -0.2) is 0 Å². The van der Waals surface area contributed by atoms with E-state index < -0.39 is 6.10 Å². The molecule has 0 spiro atoms. The Labute approximate surface area is 116 Å². The van der Waals surface area contributed by atoms with Gasteiger partial charge in [-0.1, -0.05) is 38.8 Å². The number of rotatable bonds is 5. The van der Waals surface area contributed by atoms with E-state index in [1.54, 1.807) is 0 Å². The molecule has 2 unspecified atom stereocenters. The first-order chi connectivity index (χ1) is 8.61. The third kappa shape index (κ3) is 2.96. The molecule has 2 aromatic rings. The van der Waals surface area contributed by atoms with Crippen LogP contribution >= 0.6 is 15.9 Å². The highest BCUT2D eigenvalue weighted by molar-refractivity contribution is 9.10. The zero-order valence-electron chi connectivity index (χ0n) is 10.8. The molecular formula is C15H19BrO2. The van der Waals surface area contributed by atoms with Gasteiger partial charge in [0.15, 0.2) is 0 Å². The molecule has 98 valence electrons. The minimum absolute atomic E-state index is 0.508. The number of hydrogen-bond acceptors (Lipinski definition) is 2. The number of aliphatic hydroxyl groups is 1. The summed E-state index contributed by atoms with van der Waals surface area (Å²) >= 11 is 3.46. The van der Waals surface area contributed by atoms with E-state index in [2.05, 4.69) is 29.8 Å². The summed E-state index contributed by atoms with van der Waals surface area (Å²) in [5.74, 6) is 1.18. The van der Waals surface area contributed by atoms with Crippen LogP contribution in [0.2, 0.25) is 0 Å². The fourth-order valence-corrected chi connectivity index (χ4v) is 2.78. The van der Waals surface area contributed by atoms with E-state index in [9.17, 15) is 5.11 Å². The summed E-state index contributed by atoms with van der Waals surface area (Å²) < 4.78 is 6.67. The average molecular weight is 311 g/mol. The van der Waals surface area contributed by atoms with Crippen molar-refractivity contribution < 1.29 is 9.52 Å². The molecule has 2 nitrogen and oxygen atoms in total. The van der Waals surface area contributed by atoms with Crippen LogP contribution in [0, 0.1) is 5.92 Å². The molecule has 0 bridgehead atoms. The van der Waals surface area contributed by atoms with Gasteiger partial charge in [0.2, 0.25) is 0 Å². The van der Waals surface area contributed by atoms with Crippen LogP contribution in [0.3, 0.4) is 0 Å². The minimum Gasteiger partial charge on any atom is -0.457 e. The van der Waals surface area contributed by atoms with Gasteiger partial charge < -0.3 is 9.52 Å². The number of fused-ring (bicyclic) bond motifs is 1. The molecule has 0 saturated heterocycles. The van der Waals surface area contributed by atoms with Crippen molar-refractivity contribution in [3.63, 3.8) is 0 Å². The van der Waals surface area contributed by atoms with E-state index in [1.165, 1.54) is 0 Å². The van der Waals surface area contributed by atoms with Gasteiger partial charge in [0.1, 0.15) is 17.4 Å². The Morgan fingerprint density at radius 1 is 1.39 bits per heavy atom. The molecule has 2 rings (SSSR count). The number of para-hydroxylation sites is 1. The SMILES string of the molecule is CCCC(C)CC(O)c1cc2cccc(Br)c2o1. The molecule has 2 atom stereocenters. The first-order valence-electron chi connectivity index (χ1n) is 6.47. The minimum atomic E-state index is -0.508. The second-order valence-electron chi connectivity index (χ2n) is 4.95. The molecule has 0 saturated carbocycles. The van der Waals surface area contributed by atoms with Crippen molar-refractivity contribution >= 4 is 26.9 Å². The van der Waals surface area contributed by atoms with Gasteiger partial charge in [0.05, 0.1) is 4.47 Å². The maximum Gasteiger partial charge on any atom is 0.148 e. The molecule has 1 aromatic heterocycles. The van der Waals surface area contributed by atoms with Crippen LogP contribution in [-0.4, -0.2) is 5.11 Å². The van der Waals surface area contributed by atoms with Crippen LogP contribution in [0.1, 0.15) is 45.0 Å². The number of benzene rings is 1. The van der Waals surface area contributed by atoms with Gasteiger partial charge in [0, 0.05) is 5.39 Å². The Balaban J connectivity index is 2.18.